The van der Waals surface area contributed by atoms with Crippen LogP contribution in [0.15, 0.2) is 73.3 Å². The van der Waals surface area contributed by atoms with Crippen molar-refractivity contribution in [2.24, 2.45) is 0 Å². The van der Waals surface area contributed by atoms with Crippen molar-refractivity contribution in [1.82, 2.24) is 9.55 Å². The van der Waals surface area contributed by atoms with E-state index in [9.17, 15) is 4.79 Å². The summed E-state index contributed by atoms with van der Waals surface area (Å²) in [6, 6.07) is 17.4. The summed E-state index contributed by atoms with van der Waals surface area (Å²) in [5, 5.41) is 0. The van der Waals surface area contributed by atoms with Gasteiger partial charge in [0.1, 0.15) is 0 Å². The quantitative estimate of drug-likeness (QED) is 0.383. The minimum atomic E-state index is 0.175. The Balaban J connectivity index is 1.55. The zero-order valence-corrected chi connectivity index (χ0v) is 14.1. The molecule has 0 aliphatic rings. The number of carbonyl (C=O) groups excluding carboxylic acids is 1. The monoisotopic (exact) mass is 328 g/mol. The zero-order valence-electron chi connectivity index (χ0n) is 14.1. The summed E-state index contributed by atoms with van der Waals surface area (Å²) in [6.45, 7) is 0.899. The average Bonchev–Trinajstić information content (AvgIpc) is 3.18. The second kappa shape index (κ2) is 8.65. The van der Waals surface area contributed by atoms with Crippen molar-refractivity contribution in [1.29, 1.82) is 0 Å². The van der Waals surface area contributed by atoms with Crippen LogP contribution in [0.5, 0.6) is 0 Å². The van der Waals surface area contributed by atoms with Gasteiger partial charge in [-0.05, 0) is 37.1 Å². The summed E-state index contributed by atoms with van der Waals surface area (Å²) in [4.78, 5) is 16.4. The first-order valence-electron chi connectivity index (χ1n) is 8.47. The second-order valence-electron chi connectivity index (χ2n) is 5.88. The molecule has 0 unspecified atom stereocenters. The molecule has 0 spiro atoms. The SMILES string of the molecule is O=C(CCCCn1ccnc1)c1cccc(C#Cc2ccccc2)c1. The van der Waals surface area contributed by atoms with Gasteiger partial charge in [-0.3, -0.25) is 4.79 Å². The first kappa shape index (κ1) is 16.7. The van der Waals surface area contributed by atoms with Gasteiger partial charge in [-0.1, -0.05) is 42.2 Å². The van der Waals surface area contributed by atoms with Gasteiger partial charge in [0.25, 0.3) is 0 Å². The Labute approximate surface area is 148 Å². The fourth-order valence-electron chi connectivity index (χ4n) is 2.58. The maximum Gasteiger partial charge on any atom is 0.162 e. The zero-order chi connectivity index (χ0) is 17.3. The Morgan fingerprint density at radius 1 is 0.960 bits per heavy atom. The first-order chi connectivity index (χ1) is 12.3. The molecular weight excluding hydrogens is 308 g/mol. The van der Waals surface area contributed by atoms with Crippen molar-refractivity contribution in [3.05, 3.63) is 90.0 Å². The molecule has 1 heterocycles. The predicted molar refractivity (Wildman–Crippen MR) is 99.3 cm³/mol. The molecule has 0 atom stereocenters. The number of aromatic nitrogens is 2. The van der Waals surface area contributed by atoms with Crippen LogP contribution in [-0.2, 0) is 6.54 Å². The maximum absolute atomic E-state index is 12.4. The molecule has 0 bridgehead atoms. The van der Waals surface area contributed by atoms with E-state index in [0.29, 0.717) is 6.42 Å². The molecule has 3 nitrogen and oxygen atoms in total. The topological polar surface area (TPSA) is 34.9 Å². The Kier molecular flexibility index (Phi) is 5.79. The third kappa shape index (κ3) is 5.19. The molecule has 3 rings (SSSR count). The number of nitrogens with zero attached hydrogens (tertiary/aromatic N) is 2. The van der Waals surface area contributed by atoms with Crippen molar-refractivity contribution in [3.8, 4) is 11.8 Å². The fourth-order valence-corrected chi connectivity index (χ4v) is 2.58. The highest BCUT2D eigenvalue weighted by Crippen LogP contribution is 2.10. The number of hydrogen-bond acceptors (Lipinski definition) is 2. The number of ketones is 1. The molecule has 1 aromatic heterocycles. The van der Waals surface area contributed by atoms with Crippen LogP contribution in [0.2, 0.25) is 0 Å². The summed E-state index contributed by atoms with van der Waals surface area (Å²) in [5.41, 5.74) is 2.58. The van der Waals surface area contributed by atoms with Gasteiger partial charge >= 0.3 is 0 Å². The van der Waals surface area contributed by atoms with Crippen LogP contribution < -0.4 is 0 Å². The van der Waals surface area contributed by atoms with Crippen molar-refractivity contribution in [3.63, 3.8) is 0 Å². The Morgan fingerprint density at radius 2 is 1.76 bits per heavy atom. The van der Waals surface area contributed by atoms with Gasteiger partial charge in [-0.15, -0.1) is 0 Å². The Bertz CT molecular complexity index is 871. The van der Waals surface area contributed by atoms with Crippen molar-refractivity contribution < 1.29 is 4.79 Å². The highest BCUT2D eigenvalue weighted by atomic mass is 16.1. The molecule has 3 aromatic rings. The maximum atomic E-state index is 12.4. The third-order valence-electron chi connectivity index (χ3n) is 3.94. The predicted octanol–water partition coefficient (Wildman–Crippen LogP) is 4.34. The largest absolute Gasteiger partial charge is 0.337 e. The first-order valence-corrected chi connectivity index (χ1v) is 8.47. The minimum absolute atomic E-state index is 0.175. The summed E-state index contributed by atoms with van der Waals surface area (Å²) >= 11 is 0. The van der Waals surface area contributed by atoms with Crippen molar-refractivity contribution in [2.45, 2.75) is 25.8 Å². The average molecular weight is 328 g/mol. The number of hydrogen-bond donors (Lipinski definition) is 0. The molecule has 0 N–H and O–H groups in total. The van der Waals surface area contributed by atoms with E-state index in [2.05, 4.69) is 16.8 Å². The van der Waals surface area contributed by atoms with E-state index in [1.165, 1.54) is 0 Å². The standard InChI is InChI=1S/C22H20N2O/c25-22(11-4-5-15-24-16-14-23-18-24)21-10-6-9-20(17-21)13-12-19-7-2-1-3-8-19/h1-3,6-10,14,16-18H,4-5,11,15H2. The van der Waals surface area contributed by atoms with Crippen LogP contribution in [-0.4, -0.2) is 15.3 Å². The van der Waals surface area contributed by atoms with E-state index < -0.39 is 0 Å². The smallest absolute Gasteiger partial charge is 0.162 e. The van der Waals surface area contributed by atoms with Crippen molar-refractivity contribution >= 4 is 5.78 Å². The number of benzene rings is 2. The van der Waals surface area contributed by atoms with Gasteiger partial charge in [0.2, 0.25) is 0 Å². The van der Waals surface area contributed by atoms with Crippen LogP contribution in [0.3, 0.4) is 0 Å². The van der Waals surface area contributed by atoms with Crippen molar-refractivity contribution in [2.75, 3.05) is 0 Å². The van der Waals surface area contributed by atoms with Gasteiger partial charge in [0.05, 0.1) is 6.33 Å². The molecule has 0 amide bonds. The van der Waals surface area contributed by atoms with E-state index >= 15 is 0 Å². The number of Topliss-reactive ketones (excluding diaryl/α,β-unsaturated/α-hetero) is 1. The van der Waals surface area contributed by atoms with Gasteiger partial charge in [-0.25, -0.2) is 4.98 Å². The summed E-state index contributed by atoms with van der Waals surface area (Å²) in [5.74, 6) is 6.43. The van der Waals surface area contributed by atoms with E-state index in [0.717, 1.165) is 36.1 Å². The van der Waals surface area contributed by atoms with E-state index in [1.54, 1.807) is 12.5 Å². The summed E-state index contributed by atoms with van der Waals surface area (Å²) in [7, 11) is 0. The molecule has 0 radical (unpaired) electrons. The normalized spacial score (nSPS) is 10.1. The van der Waals surface area contributed by atoms with E-state index in [4.69, 9.17) is 0 Å². The Morgan fingerprint density at radius 3 is 2.56 bits per heavy atom. The number of carbonyl (C=O) groups is 1. The Hall–Kier alpha value is -3.12. The summed E-state index contributed by atoms with van der Waals surface area (Å²) in [6.07, 6.45) is 7.91. The van der Waals surface area contributed by atoms with Gasteiger partial charge < -0.3 is 4.57 Å². The number of aryl methyl sites for hydroxylation is 1. The number of imidazole rings is 1. The van der Waals surface area contributed by atoms with E-state index in [-0.39, 0.29) is 5.78 Å². The lowest BCUT2D eigenvalue weighted by Crippen LogP contribution is -2.01. The number of rotatable bonds is 6. The van der Waals surface area contributed by atoms with Crippen LogP contribution in [0.1, 0.15) is 40.7 Å². The third-order valence-corrected chi connectivity index (χ3v) is 3.94. The van der Waals surface area contributed by atoms with E-state index in [1.807, 2.05) is 65.4 Å². The van der Waals surface area contributed by atoms with Crippen LogP contribution in [0.25, 0.3) is 0 Å². The minimum Gasteiger partial charge on any atom is -0.337 e. The van der Waals surface area contributed by atoms with Gasteiger partial charge in [-0.2, -0.15) is 0 Å². The second-order valence-corrected chi connectivity index (χ2v) is 5.88. The highest BCUT2D eigenvalue weighted by Gasteiger charge is 2.06. The molecule has 124 valence electrons. The molecular formula is C22H20N2O. The molecule has 0 aliphatic carbocycles. The lowest BCUT2D eigenvalue weighted by molar-refractivity contribution is 0.0979. The molecule has 0 aliphatic heterocycles. The fraction of sp³-hybridized carbons (Fsp3) is 0.182. The van der Waals surface area contributed by atoms with Crippen LogP contribution in [0, 0.1) is 11.8 Å². The van der Waals surface area contributed by atoms with Gasteiger partial charge in [0, 0.05) is 42.0 Å². The van der Waals surface area contributed by atoms with Gasteiger partial charge in [0.15, 0.2) is 5.78 Å². The van der Waals surface area contributed by atoms with Crippen LogP contribution in [0.4, 0.5) is 0 Å². The molecule has 0 saturated carbocycles. The summed E-state index contributed by atoms with van der Waals surface area (Å²) < 4.78 is 2.03. The molecule has 0 fully saturated rings. The number of unbranched alkanes of at least 4 members (excludes halogenated alkanes) is 1. The highest BCUT2D eigenvalue weighted by molar-refractivity contribution is 5.96. The van der Waals surface area contributed by atoms with Crippen LogP contribution >= 0.6 is 0 Å². The molecule has 0 saturated heterocycles. The molecule has 25 heavy (non-hydrogen) atoms. The molecule has 3 heteroatoms. The molecule has 2 aromatic carbocycles. The lowest BCUT2D eigenvalue weighted by atomic mass is 10.0. The lowest BCUT2D eigenvalue weighted by Gasteiger charge is -2.03.